The molecule has 1 aliphatic heterocycles. The predicted octanol–water partition coefficient (Wildman–Crippen LogP) is 2.24. The van der Waals surface area contributed by atoms with E-state index in [1.165, 1.54) is 37.6 Å². The Kier molecular flexibility index (Phi) is 4.74. The fourth-order valence-electron chi connectivity index (χ4n) is 2.25. The zero-order valence-corrected chi connectivity index (χ0v) is 11.6. The van der Waals surface area contributed by atoms with Crippen molar-refractivity contribution < 1.29 is 0 Å². The van der Waals surface area contributed by atoms with Crippen LogP contribution in [-0.2, 0) is 6.42 Å². The first kappa shape index (κ1) is 12.8. The van der Waals surface area contributed by atoms with Gasteiger partial charge in [0.15, 0.2) is 0 Å². The van der Waals surface area contributed by atoms with Gasteiger partial charge in [-0.05, 0) is 31.8 Å². The number of likely N-dealkylation sites (tertiary alicyclic amines) is 1. The average molecular weight is 254 g/mol. The van der Waals surface area contributed by atoms with Gasteiger partial charge in [0, 0.05) is 31.0 Å². The molecule has 0 spiro atoms. The molecule has 1 N–H and O–H groups in total. The minimum absolute atomic E-state index is 0.772. The average Bonchev–Trinajstić information content (AvgIpc) is 2.95. The van der Waals surface area contributed by atoms with E-state index in [0.717, 1.165) is 36.3 Å². The quantitative estimate of drug-likeness (QED) is 0.845. The van der Waals surface area contributed by atoms with Crippen molar-refractivity contribution in [1.82, 2.24) is 14.3 Å². The number of aromatic nitrogens is 2. The molecule has 96 valence electrons. The van der Waals surface area contributed by atoms with Crippen LogP contribution in [0.15, 0.2) is 0 Å². The van der Waals surface area contributed by atoms with Crippen LogP contribution >= 0.6 is 11.5 Å². The maximum atomic E-state index is 4.48. The maximum absolute atomic E-state index is 4.48. The SMILES string of the molecule is CCCc1nsc(NCC2CCN(CC)C2)n1. The molecule has 0 bridgehead atoms. The molecule has 1 fully saturated rings. The van der Waals surface area contributed by atoms with Crippen LogP contribution in [0, 0.1) is 5.92 Å². The Bertz CT molecular complexity index is 339. The van der Waals surface area contributed by atoms with Crippen molar-refractivity contribution in [3.63, 3.8) is 0 Å². The normalized spacial score (nSPS) is 20.9. The van der Waals surface area contributed by atoms with Gasteiger partial charge in [-0.3, -0.25) is 0 Å². The number of hydrogen-bond donors (Lipinski definition) is 1. The fourth-order valence-corrected chi connectivity index (χ4v) is 2.87. The summed E-state index contributed by atoms with van der Waals surface area (Å²) in [7, 11) is 0. The fraction of sp³-hybridized carbons (Fsp3) is 0.833. The molecule has 0 amide bonds. The number of rotatable bonds is 6. The van der Waals surface area contributed by atoms with Crippen LogP contribution in [0.1, 0.15) is 32.5 Å². The van der Waals surface area contributed by atoms with Gasteiger partial charge < -0.3 is 10.2 Å². The van der Waals surface area contributed by atoms with Gasteiger partial charge in [-0.1, -0.05) is 13.8 Å². The van der Waals surface area contributed by atoms with Gasteiger partial charge in [-0.15, -0.1) is 0 Å². The third-order valence-electron chi connectivity index (χ3n) is 3.30. The monoisotopic (exact) mass is 254 g/mol. The molecule has 0 radical (unpaired) electrons. The molecule has 5 heteroatoms. The van der Waals surface area contributed by atoms with Gasteiger partial charge >= 0.3 is 0 Å². The summed E-state index contributed by atoms with van der Waals surface area (Å²) in [6, 6.07) is 0. The summed E-state index contributed by atoms with van der Waals surface area (Å²) in [5, 5.41) is 4.42. The smallest absolute Gasteiger partial charge is 0.202 e. The molecular weight excluding hydrogens is 232 g/mol. The Balaban J connectivity index is 1.74. The number of nitrogens with zero attached hydrogens (tertiary/aromatic N) is 3. The van der Waals surface area contributed by atoms with Crippen LogP contribution in [-0.4, -0.2) is 40.4 Å². The Morgan fingerprint density at radius 3 is 3.06 bits per heavy atom. The molecule has 1 unspecified atom stereocenters. The summed E-state index contributed by atoms with van der Waals surface area (Å²) < 4.78 is 4.34. The highest BCUT2D eigenvalue weighted by Crippen LogP contribution is 2.18. The molecular formula is C12H22N4S. The van der Waals surface area contributed by atoms with Crippen LogP contribution < -0.4 is 5.32 Å². The van der Waals surface area contributed by atoms with E-state index in [9.17, 15) is 0 Å². The van der Waals surface area contributed by atoms with E-state index in [4.69, 9.17) is 0 Å². The molecule has 0 aliphatic carbocycles. The predicted molar refractivity (Wildman–Crippen MR) is 72.6 cm³/mol. The van der Waals surface area contributed by atoms with Crippen molar-refractivity contribution >= 4 is 16.7 Å². The summed E-state index contributed by atoms with van der Waals surface area (Å²) in [5.74, 6) is 1.76. The standard InChI is InChI=1S/C12H22N4S/c1-3-5-11-14-12(17-15-11)13-8-10-6-7-16(4-2)9-10/h10H,3-9H2,1-2H3,(H,13,14,15). The summed E-state index contributed by atoms with van der Waals surface area (Å²) in [6.07, 6.45) is 3.41. The Morgan fingerprint density at radius 1 is 1.47 bits per heavy atom. The summed E-state index contributed by atoms with van der Waals surface area (Å²) in [5.41, 5.74) is 0. The zero-order chi connectivity index (χ0) is 12.1. The van der Waals surface area contributed by atoms with Gasteiger partial charge in [0.05, 0.1) is 0 Å². The van der Waals surface area contributed by atoms with Crippen molar-refractivity contribution in [3.05, 3.63) is 5.82 Å². The van der Waals surface area contributed by atoms with E-state index in [1.807, 2.05) is 0 Å². The van der Waals surface area contributed by atoms with Crippen LogP contribution in [0.25, 0.3) is 0 Å². The lowest BCUT2D eigenvalue weighted by molar-refractivity contribution is 0.345. The first-order valence-corrected chi connectivity index (χ1v) is 7.38. The van der Waals surface area contributed by atoms with Gasteiger partial charge in [0.1, 0.15) is 5.82 Å². The van der Waals surface area contributed by atoms with Crippen molar-refractivity contribution in [2.75, 3.05) is 31.5 Å². The summed E-state index contributed by atoms with van der Waals surface area (Å²) in [4.78, 5) is 6.99. The molecule has 1 aliphatic rings. The molecule has 0 saturated carbocycles. The minimum atomic E-state index is 0.772. The van der Waals surface area contributed by atoms with E-state index in [0.29, 0.717) is 0 Å². The van der Waals surface area contributed by atoms with Crippen molar-refractivity contribution in [1.29, 1.82) is 0 Å². The maximum Gasteiger partial charge on any atom is 0.202 e. The Morgan fingerprint density at radius 2 is 2.35 bits per heavy atom. The van der Waals surface area contributed by atoms with E-state index in [1.54, 1.807) is 0 Å². The Hall–Kier alpha value is -0.680. The lowest BCUT2D eigenvalue weighted by Crippen LogP contribution is -2.22. The highest BCUT2D eigenvalue weighted by molar-refractivity contribution is 7.09. The van der Waals surface area contributed by atoms with E-state index < -0.39 is 0 Å². The number of nitrogens with one attached hydrogen (secondary N) is 1. The lowest BCUT2D eigenvalue weighted by Gasteiger charge is -2.13. The second-order valence-electron chi connectivity index (χ2n) is 4.69. The molecule has 2 rings (SSSR count). The highest BCUT2D eigenvalue weighted by atomic mass is 32.1. The summed E-state index contributed by atoms with van der Waals surface area (Å²) in [6.45, 7) is 9.08. The molecule has 1 atom stereocenters. The number of anilines is 1. The minimum Gasteiger partial charge on any atom is -0.360 e. The van der Waals surface area contributed by atoms with Crippen LogP contribution in [0.4, 0.5) is 5.13 Å². The second-order valence-corrected chi connectivity index (χ2v) is 5.45. The largest absolute Gasteiger partial charge is 0.360 e. The van der Waals surface area contributed by atoms with Gasteiger partial charge in [0.25, 0.3) is 0 Å². The van der Waals surface area contributed by atoms with Gasteiger partial charge in [0.2, 0.25) is 5.13 Å². The van der Waals surface area contributed by atoms with E-state index >= 15 is 0 Å². The third-order valence-corrected chi connectivity index (χ3v) is 4.01. The lowest BCUT2D eigenvalue weighted by atomic mass is 10.1. The molecule has 1 aromatic rings. The van der Waals surface area contributed by atoms with Gasteiger partial charge in [-0.25, -0.2) is 4.98 Å². The van der Waals surface area contributed by atoms with Crippen molar-refractivity contribution in [2.45, 2.75) is 33.1 Å². The molecule has 17 heavy (non-hydrogen) atoms. The first-order chi connectivity index (χ1) is 8.31. The molecule has 2 heterocycles. The third kappa shape index (κ3) is 3.64. The number of hydrogen-bond acceptors (Lipinski definition) is 5. The highest BCUT2D eigenvalue weighted by Gasteiger charge is 2.20. The summed E-state index contributed by atoms with van der Waals surface area (Å²) >= 11 is 1.49. The Labute approximate surface area is 108 Å². The first-order valence-electron chi connectivity index (χ1n) is 6.60. The topological polar surface area (TPSA) is 41.1 Å². The van der Waals surface area contributed by atoms with E-state index in [-0.39, 0.29) is 0 Å². The van der Waals surface area contributed by atoms with Crippen molar-refractivity contribution in [3.8, 4) is 0 Å². The van der Waals surface area contributed by atoms with Crippen LogP contribution in [0.2, 0.25) is 0 Å². The van der Waals surface area contributed by atoms with Crippen molar-refractivity contribution in [2.24, 2.45) is 5.92 Å². The van der Waals surface area contributed by atoms with Crippen LogP contribution in [0.5, 0.6) is 0 Å². The second kappa shape index (κ2) is 6.31. The molecule has 4 nitrogen and oxygen atoms in total. The molecule has 1 aromatic heterocycles. The van der Waals surface area contributed by atoms with E-state index in [2.05, 4.69) is 33.4 Å². The van der Waals surface area contributed by atoms with Crippen LogP contribution in [0.3, 0.4) is 0 Å². The number of aryl methyl sites for hydroxylation is 1. The van der Waals surface area contributed by atoms with Gasteiger partial charge in [-0.2, -0.15) is 4.37 Å². The molecule has 0 aromatic carbocycles. The zero-order valence-electron chi connectivity index (χ0n) is 10.8. The molecule has 1 saturated heterocycles.